The highest BCUT2D eigenvalue weighted by molar-refractivity contribution is 5.88. The van der Waals surface area contributed by atoms with Crippen LogP contribution in [0.5, 0.6) is 0 Å². The van der Waals surface area contributed by atoms with E-state index in [9.17, 15) is 9.59 Å². The van der Waals surface area contributed by atoms with Gasteiger partial charge in [0.15, 0.2) is 0 Å². The number of benzene rings is 1. The van der Waals surface area contributed by atoms with Crippen LogP contribution in [0.25, 0.3) is 0 Å². The SMILES string of the molecule is Cc1ccc(CN2CCN(C(=O)NC3(C4CCCC4)CC3)C(C)C2=O)cc1. The number of aryl methyl sites for hydroxylation is 1. The normalized spacial score (nSPS) is 25.0. The van der Waals surface area contributed by atoms with Crippen molar-refractivity contribution >= 4 is 11.9 Å². The van der Waals surface area contributed by atoms with Gasteiger partial charge >= 0.3 is 6.03 Å². The third-order valence-electron chi connectivity index (χ3n) is 6.78. The van der Waals surface area contributed by atoms with Crippen molar-refractivity contribution in [2.24, 2.45) is 5.92 Å². The maximum Gasteiger partial charge on any atom is 0.318 e. The molecule has 1 saturated heterocycles. The molecule has 5 heteroatoms. The number of urea groups is 1. The van der Waals surface area contributed by atoms with Gasteiger partial charge in [-0.1, -0.05) is 42.7 Å². The van der Waals surface area contributed by atoms with Crippen molar-refractivity contribution < 1.29 is 9.59 Å². The number of hydrogen-bond acceptors (Lipinski definition) is 2. The van der Waals surface area contributed by atoms with Crippen LogP contribution in [0.3, 0.4) is 0 Å². The summed E-state index contributed by atoms with van der Waals surface area (Å²) in [6, 6.07) is 7.85. The van der Waals surface area contributed by atoms with Gasteiger partial charge in [-0.3, -0.25) is 4.79 Å². The van der Waals surface area contributed by atoms with Gasteiger partial charge in [-0.15, -0.1) is 0 Å². The molecule has 5 nitrogen and oxygen atoms in total. The largest absolute Gasteiger partial charge is 0.335 e. The van der Waals surface area contributed by atoms with Gasteiger partial charge in [0.05, 0.1) is 0 Å². The molecule has 1 unspecified atom stereocenters. The standard InChI is InChI=1S/C22H31N3O2/c1-16-7-9-18(10-8-16)15-24-13-14-25(17(2)20(24)26)21(27)23-22(11-12-22)19-5-3-4-6-19/h7-10,17,19H,3-6,11-15H2,1-2H3,(H,23,27). The zero-order chi connectivity index (χ0) is 19.0. The molecular weight excluding hydrogens is 338 g/mol. The summed E-state index contributed by atoms with van der Waals surface area (Å²) in [5, 5.41) is 3.32. The van der Waals surface area contributed by atoms with Gasteiger partial charge in [0.25, 0.3) is 0 Å². The van der Waals surface area contributed by atoms with Gasteiger partial charge in [-0.05, 0) is 51.0 Å². The van der Waals surface area contributed by atoms with Crippen LogP contribution >= 0.6 is 0 Å². The van der Waals surface area contributed by atoms with E-state index < -0.39 is 6.04 Å². The summed E-state index contributed by atoms with van der Waals surface area (Å²) in [6.45, 7) is 5.74. The molecule has 1 heterocycles. The number of hydrogen-bond donors (Lipinski definition) is 1. The Labute approximate surface area is 162 Å². The van der Waals surface area contributed by atoms with Gasteiger partial charge in [0.2, 0.25) is 5.91 Å². The third kappa shape index (κ3) is 3.69. The summed E-state index contributed by atoms with van der Waals surface area (Å²) in [7, 11) is 0. The van der Waals surface area contributed by atoms with E-state index in [0.29, 0.717) is 25.6 Å². The second kappa shape index (κ2) is 7.17. The predicted molar refractivity (Wildman–Crippen MR) is 105 cm³/mol. The lowest BCUT2D eigenvalue weighted by atomic mass is 9.95. The van der Waals surface area contributed by atoms with E-state index in [1.54, 1.807) is 4.90 Å². The molecule has 1 N–H and O–H groups in total. The van der Waals surface area contributed by atoms with Crippen LogP contribution in [-0.2, 0) is 11.3 Å². The number of carbonyl (C=O) groups excluding carboxylic acids is 2. The Morgan fingerprint density at radius 2 is 1.81 bits per heavy atom. The minimum atomic E-state index is -0.399. The first kappa shape index (κ1) is 18.3. The maximum atomic E-state index is 12.9. The first-order chi connectivity index (χ1) is 13.0. The van der Waals surface area contributed by atoms with Crippen LogP contribution < -0.4 is 5.32 Å². The molecule has 3 fully saturated rings. The highest BCUT2D eigenvalue weighted by Gasteiger charge is 2.52. The highest BCUT2D eigenvalue weighted by Crippen LogP contribution is 2.49. The number of nitrogens with zero attached hydrogens (tertiary/aromatic N) is 2. The number of amides is 3. The zero-order valence-corrected chi connectivity index (χ0v) is 16.5. The quantitative estimate of drug-likeness (QED) is 0.884. The van der Waals surface area contributed by atoms with Crippen molar-refractivity contribution in [2.75, 3.05) is 13.1 Å². The summed E-state index contributed by atoms with van der Waals surface area (Å²) in [6.07, 6.45) is 7.24. The summed E-state index contributed by atoms with van der Waals surface area (Å²) < 4.78 is 0. The van der Waals surface area contributed by atoms with E-state index in [2.05, 4.69) is 36.5 Å². The molecule has 1 aliphatic heterocycles. The molecule has 3 aliphatic rings. The van der Waals surface area contributed by atoms with E-state index in [4.69, 9.17) is 0 Å². The molecule has 2 saturated carbocycles. The van der Waals surface area contributed by atoms with Crippen LogP contribution in [0.4, 0.5) is 4.79 Å². The van der Waals surface area contributed by atoms with E-state index in [0.717, 1.165) is 18.4 Å². The molecule has 1 aromatic carbocycles. The Hall–Kier alpha value is -2.04. The van der Waals surface area contributed by atoms with Gasteiger partial charge < -0.3 is 15.1 Å². The van der Waals surface area contributed by atoms with Crippen LogP contribution in [0, 0.1) is 12.8 Å². The van der Waals surface area contributed by atoms with E-state index in [1.807, 2.05) is 11.8 Å². The predicted octanol–water partition coefficient (Wildman–Crippen LogP) is 3.46. The van der Waals surface area contributed by atoms with Crippen molar-refractivity contribution in [1.82, 2.24) is 15.1 Å². The molecule has 0 aromatic heterocycles. The molecule has 0 bridgehead atoms. The van der Waals surface area contributed by atoms with Crippen molar-refractivity contribution in [3.63, 3.8) is 0 Å². The molecule has 0 spiro atoms. The molecule has 3 amide bonds. The first-order valence-electron chi connectivity index (χ1n) is 10.4. The van der Waals surface area contributed by atoms with Crippen LogP contribution in [-0.4, -0.2) is 46.4 Å². The van der Waals surface area contributed by atoms with Gasteiger partial charge in [-0.25, -0.2) is 4.79 Å². The minimum absolute atomic E-state index is 0.0232. The lowest BCUT2D eigenvalue weighted by Gasteiger charge is -2.40. The number of nitrogens with one attached hydrogen (secondary N) is 1. The minimum Gasteiger partial charge on any atom is -0.335 e. The van der Waals surface area contributed by atoms with Gasteiger partial charge in [-0.2, -0.15) is 0 Å². The fourth-order valence-electron chi connectivity index (χ4n) is 4.81. The van der Waals surface area contributed by atoms with Gasteiger partial charge in [0, 0.05) is 25.2 Å². The molecular formula is C22H31N3O2. The Balaban J connectivity index is 1.36. The lowest BCUT2D eigenvalue weighted by Crippen LogP contribution is -2.61. The third-order valence-corrected chi connectivity index (χ3v) is 6.78. The molecule has 1 aromatic rings. The lowest BCUT2D eigenvalue weighted by molar-refractivity contribution is -0.140. The number of carbonyl (C=O) groups is 2. The van der Waals surface area contributed by atoms with Crippen molar-refractivity contribution in [3.05, 3.63) is 35.4 Å². The molecule has 1 atom stereocenters. The van der Waals surface area contributed by atoms with E-state index >= 15 is 0 Å². The zero-order valence-electron chi connectivity index (χ0n) is 16.5. The topological polar surface area (TPSA) is 52.6 Å². The molecule has 27 heavy (non-hydrogen) atoms. The number of rotatable bonds is 4. The highest BCUT2D eigenvalue weighted by atomic mass is 16.2. The van der Waals surface area contributed by atoms with Crippen LogP contribution in [0.1, 0.15) is 56.6 Å². The Bertz CT molecular complexity index is 705. The monoisotopic (exact) mass is 369 g/mol. The van der Waals surface area contributed by atoms with E-state index in [1.165, 1.54) is 31.2 Å². The molecule has 146 valence electrons. The van der Waals surface area contributed by atoms with E-state index in [-0.39, 0.29) is 17.5 Å². The first-order valence-corrected chi connectivity index (χ1v) is 10.4. The molecule has 2 aliphatic carbocycles. The average Bonchev–Trinajstić information content (AvgIpc) is 3.21. The van der Waals surface area contributed by atoms with Crippen LogP contribution in [0.15, 0.2) is 24.3 Å². The van der Waals surface area contributed by atoms with Gasteiger partial charge in [0.1, 0.15) is 6.04 Å². The summed E-state index contributed by atoms with van der Waals surface area (Å²) in [4.78, 5) is 29.4. The average molecular weight is 370 g/mol. The van der Waals surface area contributed by atoms with Crippen molar-refractivity contribution in [1.29, 1.82) is 0 Å². The number of piperazine rings is 1. The second-order valence-corrected chi connectivity index (χ2v) is 8.68. The summed E-state index contributed by atoms with van der Waals surface area (Å²) >= 11 is 0. The van der Waals surface area contributed by atoms with Crippen molar-refractivity contribution in [2.45, 2.75) is 70.5 Å². The molecule has 4 rings (SSSR count). The van der Waals surface area contributed by atoms with Crippen LogP contribution in [0.2, 0.25) is 0 Å². The fourth-order valence-corrected chi connectivity index (χ4v) is 4.81. The summed E-state index contributed by atoms with van der Waals surface area (Å²) in [5.74, 6) is 0.679. The Morgan fingerprint density at radius 1 is 1.15 bits per heavy atom. The smallest absolute Gasteiger partial charge is 0.318 e. The Morgan fingerprint density at radius 3 is 2.44 bits per heavy atom. The second-order valence-electron chi connectivity index (χ2n) is 8.68. The maximum absolute atomic E-state index is 12.9. The summed E-state index contributed by atoms with van der Waals surface area (Å²) in [5.41, 5.74) is 2.38. The Kier molecular flexibility index (Phi) is 4.87. The molecule has 0 radical (unpaired) electrons. The van der Waals surface area contributed by atoms with Crippen molar-refractivity contribution in [3.8, 4) is 0 Å². The fraction of sp³-hybridized carbons (Fsp3) is 0.636.